The zero-order valence-corrected chi connectivity index (χ0v) is 10.2. The van der Waals surface area contributed by atoms with E-state index in [0.29, 0.717) is 10.7 Å². The molecule has 0 bridgehead atoms. The van der Waals surface area contributed by atoms with Crippen LogP contribution < -0.4 is 4.90 Å². The monoisotopic (exact) mass is 242 g/mol. The van der Waals surface area contributed by atoms with Crippen LogP contribution in [0.5, 0.6) is 0 Å². The van der Waals surface area contributed by atoms with Gasteiger partial charge in [-0.25, -0.2) is 4.39 Å². The van der Waals surface area contributed by atoms with E-state index in [4.69, 9.17) is 11.6 Å². The summed E-state index contributed by atoms with van der Waals surface area (Å²) < 4.78 is 13.7. The quantitative estimate of drug-likeness (QED) is 0.787. The topological polar surface area (TPSA) is 6.48 Å². The van der Waals surface area contributed by atoms with Gasteiger partial charge in [-0.05, 0) is 24.7 Å². The van der Waals surface area contributed by atoms with Gasteiger partial charge in [0.05, 0.1) is 5.69 Å². The number of hydrogen-bond acceptors (Lipinski definition) is 2. The highest BCUT2D eigenvalue weighted by molar-refractivity contribution is 6.30. The molecule has 0 unspecified atom stereocenters. The van der Waals surface area contributed by atoms with Crippen LogP contribution in [0.25, 0.3) is 0 Å². The molecule has 0 amide bonds. The molecule has 16 heavy (non-hydrogen) atoms. The van der Waals surface area contributed by atoms with E-state index in [1.807, 2.05) is 0 Å². The molecule has 1 aromatic carbocycles. The normalized spacial score (nSPS) is 17.8. The first kappa shape index (κ1) is 11.7. The van der Waals surface area contributed by atoms with Crippen LogP contribution in [0.3, 0.4) is 0 Å². The summed E-state index contributed by atoms with van der Waals surface area (Å²) in [5.41, 5.74) is 0.667. The Morgan fingerprint density at radius 2 is 1.94 bits per heavy atom. The number of anilines is 1. The highest BCUT2D eigenvalue weighted by atomic mass is 35.5. The van der Waals surface area contributed by atoms with E-state index in [2.05, 4.69) is 16.7 Å². The molecule has 1 fully saturated rings. The molecule has 0 atom stereocenters. The zero-order valence-electron chi connectivity index (χ0n) is 9.42. The van der Waals surface area contributed by atoms with Crippen molar-refractivity contribution < 1.29 is 4.39 Å². The van der Waals surface area contributed by atoms with Crippen LogP contribution >= 0.6 is 11.6 Å². The van der Waals surface area contributed by atoms with E-state index >= 15 is 0 Å². The fourth-order valence-corrected chi connectivity index (χ4v) is 2.20. The smallest absolute Gasteiger partial charge is 0.147 e. The average molecular weight is 243 g/mol. The molecule has 88 valence electrons. The summed E-state index contributed by atoms with van der Waals surface area (Å²) in [7, 11) is 0. The molecule has 1 heterocycles. The van der Waals surface area contributed by atoms with E-state index < -0.39 is 0 Å². The molecular formula is C12H16ClFN2. The van der Waals surface area contributed by atoms with E-state index in [-0.39, 0.29) is 5.82 Å². The third-order valence-electron chi connectivity index (χ3n) is 3.07. The first-order chi connectivity index (χ1) is 7.70. The van der Waals surface area contributed by atoms with Crippen LogP contribution in [0.4, 0.5) is 10.1 Å². The van der Waals surface area contributed by atoms with Crippen molar-refractivity contribution in [1.29, 1.82) is 0 Å². The molecule has 0 radical (unpaired) electrons. The van der Waals surface area contributed by atoms with Gasteiger partial charge in [0, 0.05) is 31.2 Å². The molecule has 0 spiro atoms. The Morgan fingerprint density at radius 1 is 1.25 bits per heavy atom. The van der Waals surface area contributed by atoms with Crippen LogP contribution in [0.2, 0.25) is 5.02 Å². The maximum absolute atomic E-state index is 13.7. The van der Waals surface area contributed by atoms with Gasteiger partial charge >= 0.3 is 0 Å². The fourth-order valence-electron chi connectivity index (χ4n) is 2.04. The van der Waals surface area contributed by atoms with Gasteiger partial charge in [0.25, 0.3) is 0 Å². The molecule has 2 rings (SSSR count). The second-order valence-corrected chi connectivity index (χ2v) is 4.45. The Hall–Kier alpha value is -0.800. The lowest BCUT2D eigenvalue weighted by Crippen LogP contribution is -2.46. The number of benzene rings is 1. The Labute approximate surface area is 101 Å². The molecule has 1 aliphatic heterocycles. The van der Waals surface area contributed by atoms with Crippen LogP contribution in [0.1, 0.15) is 6.92 Å². The lowest BCUT2D eigenvalue weighted by molar-refractivity contribution is 0.270. The lowest BCUT2D eigenvalue weighted by atomic mass is 10.2. The summed E-state index contributed by atoms with van der Waals surface area (Å²) in [4.78, 5) is 4.45. The predicted molar refractivity (Wildman–Crippen MR) is 65.7 cm³/mol. The Bertz CT molecular complexity index is 362. The molecule has 0 N–H and O–H groups in total. The van der Waals surface area contributed by atoms with Crippen LogP contribution in [0.15, 0.2) is 18.2 Å². The maximum Gasteiger partial charge on any atom is 0.147 e. The first-order valence-electron chi connectivity index (χ1n) is 5.63. The molecule has 0 aliphatic carbocycles. The van der Waals surface area contributed by atoms with Crippen molar-refractivity contribution in [2.24, 2.45) is 0 Å². The van der Waals surface area contributed by atoms with Crippen LogP contribution in [0, 0.1) is 5.82 Å². The number of piperazine rings is 1. The van der Waals surface area contributed by atoms with E-state index in [0.717, 1.165) is 32.7 Å². The predicted octanol–water partition coefficient (Wildman–Crippen LogP) is 2.62. The summed E-state index contributed by atoms with van der Waals surface area (Å²) in [5, 5.41) is 0.452. The van der Waals surface area contributed by atoms with Gasteiger partial charge in [-0.2, -0.15) is 0 Å². The van der Waals surface area contributed by atoms with Gasteiger partial charge in [0.1, 0.15) is 5.82 Å². The molecule has 2 nitrogen and oxygen atoms in total. The van der Waals surface area contributed by atoms with Gasteiger partial charge in [0.15, 0.2) is 0 Å². The zero-order chi connectivity index (χ0) is 11.5. The largest absolute Gasteiger partial charge is 0.367 e. The average Bonchev–Trinajstić information content (AvgIpc) is 2.29. The van der Waals surface area contributed by atoms with Crippen molar-refractivity contribution in [2.45, 2.75) is 6.92 Å². The summed E-state index contributed by atoms with van der Waals surface area (Å²) in [5.74, 6) is -0.225. The SMILES string of the molecule is CCN1CCN(c2ccc(Cl)cc2F)CC1. The first-order valence-corrected chi connectivity index (χ1v) is 6.01. The highest BCUT2D eigenvalue weighted by Crippen LogP contribution is 2.23. The van der Waals surface area contributed by atoms with Gasteiger partial charge in [-0.3, -0.25) is 0 Å². The summed E-state index contributed by atoms with van der Waals surface area (Å²) in [6.07, 6.45) is 0. The number of nitrogens with zero attached hydrogens (tertiary/aromatic N) is 2. The molecule has 4 heteroatoms. The molecule has 1 aromatic rings. The molecule has 1 saturated heterocycles. The van der Waals surface area contributed by atoms with Gasteiger partial charge < -0.3 is 9.80 Å². The van der Waals surface area contributed by atoms with E-state index in [9.17, 15) is 4.39 Å². The molecule has 1 aliphatic rings. The van der Waals surface area contributed by atoms with Gasteiger partial charge in [-0.1, -0.05) is 18.5 Å². The van der Waals surface area contributed by atoms with Crippen molar-refractivity contribution >= 4 is 17.3 Å². The van der Waals surface area contributed by atoms with Crippen molar-refractivity contribution in [3.8, 4) is 0 Å². The summed E-state index contributed by atoms with van der Waals surface area (Å²) in [6.45, 7) is 6.98. The second-order valence-electron chi connectivity index (χ2n) is 4.02. The molecule has 0 saturated carbocycles. The Balaban J connectivity index is 2.08. The minimum Gasteiger partial charge on any atom is -0.367 e. The van der Waals surface area contributed by atoms with Crippen molar-refractivity contribution in [3.05, 3.63) is 29.0 Å². The standard InChI is InChI=1S/C12H16ClFN2/c1-2-15-5-7-16(8-6-15)12-4-3-10(13)9-11(12)14/h3-4,9H,2,5-8H2,1H3. The minimum absolute atomic E-state index is 0.225. The lowest BCUT2D eigenvalue weighted by Gasteiger charge is -2.35. The summed E-state index contributed by atoms with van der Waals surface area (Å²) in [6, 6.07) is 4.88. The Kier molecular flexibility index (Phi) is 3.66. The number of halogens is 2. The van der Waals surface area contributed by atoms with Gasteiger partial charge in [-0.15, -0.1) is 0 Å². The van der Waals surface area contributed by atoms with Crippen LogP contribution in [-0.4, -0.2) is 37.6 Å². The van der Waals surface area contributed by atoms with Crippen molar-refractivity contribution in [2.75, 3.05) is 37.6 Å². The van der Waals surface area contributed by atoms with Crippen molar-refractivity contribution in [3.63, 3.8) is 0 Å². The third-order valence-corrected chi connectivity index (χ3v) is 3.31. The maximum atomic E-state index is 13.7. The van der Waals surface area contributed by atoms with E-state index in [1.54, 1.807) is 12.1 Å². The third kappa shape index (κ3) is 2.47. The fraction of sp³-hybridized carbons (Fsp3) is 0.500. The molecule has 0 aromatic heterocycles. The molecular weight excluding hydrogens is 227 g/mol. The number of likely N-dealkylation sites (N-methyl/N-ethyl adjacent to an activating group) is 1. The summed E-state index contributed by atoms with van der Waals surface area (Å²) >= 11 is 5.73. The minimum atomic E-state index is -0.225. The van der Waals surface area contributed by atoms with Gasteiger partial charge in [0.2, 0.25) is 0 Å². The van der Waals surface area contributed by atoms with Crippen molar-refractivity contribution in [1.82, 2.24) is 4.90 Å². The number of hydrogen-bond donors (Lipinski definition) is 0. The Morgan fingerprint density at radius 3 is 2.50 bits per heavy atom. The second kappa shape index (κ2) is 5.02. The van der Waals surface area contributed by atoms with E-state index in [1.165, 1.54) is 6.07 Å². The number of rotatable bonds is 2. The highest BCUT2D eigenvalue weighted by Gasteiger charge is 2.18. The van der Waals surface area contributed by atoms with Crippen LogP contribution in [-0.2, 0) is 0 Å².